The fourth-order valence-corrected chi connectivity index (χ4v) is 3.04. The summed E-state index contributed by atoms with van der Waals surface area (Å²) in [5, 5.41) is 6.91. The zero-order chi connectivity index (χ0) is 17.5. The number of fused-ring (bicyclic) bond motifs is 1. The number of carbonyl (C=O) groups excluding carboxylic acids is 1. The van der Waals surface area contributed by atoms with Crippen LogP contribution in [0.3, 0.4) is 0 Å². The molecule has 0 spiro atoms. The molecule has 124 valence electrons. The fourth-order valence-electron chi connectivity index (χ4n) is 2.41. The molecular formula is C16H16N4O3S. The third-order valence-electron chi connectivity index (χ3n) is 3.56. The molecule has 2 heterocycles. The number of aryl methyl sites for hydroxylation is 2. The molecular weight excluding hydrogens is 328 g/mol. The van der Waals surface area contributed by atoms with E-state index in [9.17, 15) is 13.2 Å². The Hall–Kier alpha value is -2.74. The van der Waals surface area contributed by atoms with Crippen LogP contribution in [0.4, 0.5) is 5.69 Å². The molecule has 0 atom stereocenters. The van der Waals surface area contributed by atoms with Crippen molar-refractivity contribution in [2.24, 2.45) is 0 Å². The third-order valence-corrected chi connectivity index (χ3v) is 4.69. The van der Waals surface area contributed by atoms with Gasteiger partial charge in [-0.15, -0.1) is 0 Å². The maximum Gasteiger partial charge on any atom is 0.261 e. The molecule has 0 aliphatic rings. The van der Waals surface area contributed by atoms with E-state index < -0.39 is 9.84 Å². The number of carbonyl (C=O) groups is 1. The number of hydrogen-bond acceptors (Lipinski definition) is 5. The molecule has 1 aromatic carbocycles. The highest BCUT2D eigenvalue weighted by Crippen LogP contribution is 2.17. The van der Waals surface area contributed by atoms with Crippen molar-refractivity contribution in [3.05, 3.63) is 53.5 Å². The fraction of sp³-hybridized carbons (Fsp3) is 0.188. The van der Waals surface area contributed by atoms with Gasteiger partial charge in [-0.1, -0.05) is 0 Å². The average molecular weight is 344 g/mol. The molecule has 0 aliphatic carbocycles. The third kappa shape index (κ3) is 3.00. The minimum absolute atomic E-state index is 0.199. The molecule has 0 unspecified atom stereocenters. The largest absolute Gasteiger partial charge is 0.322 e. The van der Waals surface area contributed by atoms with E-state index in [1.165, 1.54) is 18.3 Å². The van der Waals surface area contributed by atoms with Gasteiger partial charge in [0.25, 0.3) is 5.91 Å². The predicted octanol–water partition coefficient (Wildman–Crippen LogP) is 2.00. The van der Waals surface area contributed by atoms with Crippen molar-refractivity contribution in [1.29, 1.82) is 0 Å². The molecule has 8 heteroatoms. The summed E-state index contributed by atoms with van der Waals surface area (Å²) in [4.78, 5) is 17.0. The quantitative estimate of drug-likeness (QED) is 0.784. The zero-order valence-corrected chi connectivity index (χ0v) is 14.3. The second-order valence-corrected chi connectivity index (χ2v) is 7.60. The summed E-state index contributed by atoms with van der Waals surface area (Å²) in [6.45, 7) is 3.74. The van der Waals surface area contributed by atoms with Gasteiger partial charge < -0.3 is 5.32 Å². The van der Waals surface area contributed by atoms with Crippen LogP contribution in [-0.2, 0) is 9.84 Å². The lowest BCUT2D eigenvalue weighted by Gasteiger charge is -2.06. The molecule has 1 amide bonds. The smallest absolute Gasteiger partial charge is 0.261 e. The number of amides is 1. The van der Waals surface area contributed by atoms with Gasteiger partial charge in [0.1, 0.15) is 5.56 Å². The van der Waals surface area contributed by atoms with Crippen LogP contribution >= 0.6 is 0 Å². The van der Waals surface area contributed by atoms with Crippen LogP contribution in [0.5, 0.6) is 0 Å². The topological polar surface area (TPSA) is 93.4 Å². The standard InChI is InChI=1S/C16H16N4O3S/c1-10-8-11(2)20-15(18-10)14(9-17-20)16(21)19-12-4-6-13(7-5-12)24(3,22)23/h4-9H,1-3H3,(H,19,21). The summed E-state index contributed by atoms with van der Waals surface area (Å²) >= 11 is 0. The van der Waals surface area contributed by atoms with Crippen LogP contribution in [0, 0.1) is 13.8 Å². The molecule has 0 saturated carbocycles. The van der Waals surface area contributed by atoms with Crippen molar-refractivity contribution in [3.63, 3.8) is 0 Å². The normalized spacial score (nSPS) is 11.6. The SMILES string of the molecule is Cc1cc(C)n2ncc(C(=O)Nc3ccc(S(C)(=O)=O)cc3)c2n1. The number of benzene rings is 1. The molecule has 3 aromatic rings. The lowest BCUT2D eigenvalue weighted by atomic mass is 10.2. The second kappa shape index (κ2) is 5.72. The number of nitrogens with one attached hydrogen (secondary N) is 1. The van der Waals surface area contributed by atoms with Gasteiger partial charge in [0.05, 0.1) is 11.1 Å². The molecule has 0 radical (unpaired) electrons. The molecule has 0 fully saturated rings. The maximum atomic E-state index is 12.5. The van der Waals surface area contributed by atoms with Gasteiger partial charge >= 0.3 is 0 Å². The van der Waals surface area contributed by atoms with E-state index >= 15 is 0 Å². The molecule has 0 saturated heterocycles. The van der Waals surface area contributed by atoms with Crippen molar-refractivity contribution in [3.8, 4) is 0 Å². The Morgan fingerprint density at radius 1 is 1.17 bits per heavy atom. The molecule has 2 aromatic heterocycles. The van der Waals surface area contributed by atoms with Crippen LogP contribution in [-0.4, -0.2) is 35.2 Å². The van der Waals surface area contributed by atoms with Gasteiger partial charge in [0.15, 0.2) is 15.5 Å². The highest BCUT2D eigenvalue weighted by atomic mass is 32.2. The first kappa shape index (κ1) is 16.1. The molecule has 7 nitrogen and oxygen atoms in total. The van der Waals surface area contributed by atoms with Crippen LogP contribution < -0.4 is 5.32 Å². The highest BCUT2D eigenvalue weighted by molar-refractivity contribution is 7.90. The number of nitrogens with zero attached hydrogens (tertiary/aromatic N) is 3. The second-order valence-electron chi connectivity index (χ2n) is 5.58. The Morgan fingerprint density at radius 2 is 1.83 bits per heavy atom. The van der Waals surface area contributed by atoms with Crippen molar-refractivity contribution in [2.75, 3.05) is 11.6 Å². The first-order valence-corrected chi connectivity index (χ1v) is 9.08. The Labute approximate surface area is 139 Å². The molecule has 0 bridgehead atoms. The Kier molecular flexibility index (Phi) is 3.84. The molecule has 1 N–H and O–H groups in total. The van der Waals surface area contributed by atoms with Gasteiger partial charge in [-0.2, -0.15) is 5.10 Å². The van der Waals surface area contributed by atoms with Crippen molar-refractivity contribution < 1.29 is 13.2 Å². The number of rotatable bonds is 3. The van der Waals surface area contributed by atoms with Gasteiger partial charge in [-0.05, 0) is 44.2 Å². The summed E-state index contributed by atoms with van der Waals surface area (Å²) in [6.07, 6.45) is 2.60. The van der Waals surface area contributed by atoms with E-state index in [-0.39, 0.29) is 10.8 Å². The van der Waals surface area contributed by atoms with Crippen LogP contribution in [0.15, 0.2) is 41.4 Å². The van der Waals surface area contributed by atoms with Crippen LogP contribution in [0.25, 0.3) is 5.65 Å². The van der Waals surface area contributed by atoms with E-state index in [0.717, 1.165) is 17.6 Å². The van der Waals surface area contributed by atoms with E-state index in [1.54, 1.807) is 16.6 Å². The van der Waals surface area contributed by atoms with E-state index in [0.29, 0.717) is 16.9 Å². The first-order valence-electron chi connectivity index (χ1n) is 7.19. The van der Waals surface area contributed by atoms with Crippen molar-refractivity contribution in [2.45, 2.75) is 18.7 Å². The first-order chi connectivity index (χ1) is 11.3. The highest BCUT2D eigenvalue weighted by Gasteiger charge is 2.16. The minimum atomic E-state index is -3.27. The summed E-state index contributed by atoms with van der Waals surface area (Å²) in [7, 11) is -3.27. The number of hydrogen-bond donors (Lipinski definition) is 1. The summed E-state index contributed by atoms with van der Waals surface area (Å²) in [5.41, 5.74) is 3.02. The zero-order valence-electron chi connectivity index (χ0n) is 13.4. The predicted molar refractivity (Wildman–Crippen MR) is 90.0 cm³/mol. The van der Waals surface area contributed by atoms with Crippen LogP contribution in [0.2, 0.25) is 0 Å². The Morgan fingerprint density at radius 3 is 2.46 bits per heavy atom. The number of aromatic nitrogens is 3. The maximum absolute atomic E-state index is 12.5. The summed E-state index contributed by atoms with van der Waals surface area (Å²) < 4.78 is 24.5. The lowest BCUT2D eigenvalue weighted by molar-refractivity contribution is 0.102. The van der Waals surface area contributed by atoms with E-state index in [4.69, 9.17) is 0 Å². The Bertz CT molecular complexity index is 1040. The monoisotopic (exact) mass is 344 g/mol. The summed E-state index contributed by atoms with van der Waals surface area (Å²) in [6, 6.07) is 7.88. The van der Waals surface area contributed by atoms with E-state index in [1.807, 2.05) is 19.9 Å². The molecule has 24 heavy (non-hydrogen) atoms. The minimum Gasteiger partial charge on any atom is -0.322 e. The van der Waals surface area contributed by atoms with Crippen molar-refractivity contribution in [1.82, 2.24) is 14.6 Å². The van der Waals surface area contributed by atoms with Gasteiger partial charge in [-0.3, -0.25) is 4.79 Å². The van der Waals surface area contributed by atoms with Gasteiger partial charge in [-0.25, -0.2) is 17.9 Å². The summed E-state index contributed by atoms with van der Waals surface area (Å²) in [5.74, 6) is -0.352. The number of sulfone groups is 1. The van der Waals surface area contributed by atoms with Gasteiger partial charge in [0, 0.05) is 23.3 Å². The molecule has 0 aliphatic heterocycles. The van der Waals surface area contributed by atoms with Crippen molar-refractivity contribution >= 4 is 27.1 Å². The lowest BCUT2D eigenvalue weighted by Crippen LogP contribution is -2.12. The molecule has 3 rings (SSSR count). The van der Waals surface area contributed by atoms with Gasteiger partial charge in [0.2, 0.25) is 0 Å². The van der Waals surface area contributed by atoms with E-state index in [2.05, 4.69) is 15.4 Å². The average Bonchev–Trinajstić information content (AvgIpc) is 2.91. The number of anilines is 1. The Balaban J connectivity index is 1.91. The van der Waals surface area contributed by atoms with Crippen LogP contribution in [0.1, 0.15) is 21.7 Å².